The van der Waals surface area contributed by atoms with E-state index in [1.165, 1.54) is 18.2 Å². The van der Waals surface area contributed by atoms with Gasteiger partial charge in [0.05, 0.1) is 6.42 Å². The molecule has 0 aliphatic rings. The summed E-state index contributed by atoms with van der Waals surface area (Å²) in [6, 6.07) is 3.87. The fourth-order valence-electron chi connectivity index (χ4n) is 1.23. The summed E-state index contributed by atoms with van der Waals surface area (Å²) in [5, 5.41) is 12.6. The highest BCUT2D eigenvalue weighted by Crippen LogP contribution is 2.19. The predicted octanol–water partition coefficient (Wildman–Crippen LogP) is 1.59. The molecule has 0 unspecified atom stereocenters. The van der Waals surface area contributed by atoms with Crippen LogP contribution in [0.1, 0.15) is 5.69 Å². The molecule has 1 aromatic heterocycles. The lowest BCUT2D eigenvalue weighted by molar-refractivity contribution is -0.136. The zero-order valence-corrected chi connectivity index (χ0v) is 7.03. The number of aromatic nitrogens is 1. The van der Waals surface area contributed by atoms with Crippen LogP contribution in [0.4, 0.5) is 4.39 Å². The van der Waals surface area contributed by atoms with Crippen LogP contribution in [0.25, 0.3) is 11.0 Å². The first kappa shape index (κ1) is 8.68. The van der Waals surface area contributed by atoms with Crippen LogP contribution in [-0.4, -0.2) is 16.2 Å². The Morgan fingerprint density at radius 2 is 2.36 bits per heavy atom. The van der Waals surface area contributed by atoms with Crippen molar-refractivity contribution in [2.45, 2.75) is 6.42 Å². The van der Waals surface area contributed by atoms with Crippen molar-refractivity contribution in [1.82, 2.24) is 5.16 Å². The highest BCUT2D eigenvalue weighted by molar-refractivity contribution is 5.83. The Labute approximate surface area is 77.9 Å². The standard InChI is InChI=1S/C9H6FNO3/c10-5-1-2-6-7(4-9(12)13)11-14-8(6)3-5/h1-3H,4H2,(H,12,13). The summed E-state index contributed by atoms with van der Waals surface area (Å²) < 4.78 is 17.5. The van der Waals surface area contributed by atoms with Crippen LogP contribution in [-0.2, 0) is 11.2 Å². The molecule has 1 N–H and O–H groups in total. The highest BCUT2D eigenvalue weighted by atomic mass is 19.1. The first-order valence-corrected chi connectivity index (χ1v) is 3.92. The van der Waals surface area contributed by atoms with Crippen molar-refractivity contribution >= 4 is 16.9 Å². The van der Waals surface area contributed by atoms with Crippen molar-refractivity contribution in [3.63, 3.8) is 0 Å². The number of rotatable bonds is 2. The van der Waals surface area contributed by atoms with E-state index in [1.54, 1.807) is 0 Å². The molecule has 1 aromatic carbocycles. The number of fused-ring (bicyclic) bond motifs is 1. The fourth-order valence-corrected chi connectivity index (χ4v) is 1.23. The molecule has 72 valence electrons. The maximum atomic E-state index is 12.7. The zero-order valence-electron chi connectivity index (χ0n) is 7.03. The molecule has 0 fully saturated rings. The van der Waals surface area contributed by atoms with E-state index in [2.05, 4.69) is 5.16 Å². The van der Waals surface area contributed by atoms with Crippen molar-refractivity contribution in [3.8, 4) is 0 Å². The third-order valence-electron chi connectivity index (χ3n) is 1.83. The van der Waals surface area contributed by atoms with Crippen LogP contribution in [0.3, 0.4) is 0 Å². The number of nitrogens with zero attached hydrogens (tertiary/aromatic N) is 1. The molecule has 0 spiro atoms. The molecule has 4 nitrogen and oxygen atoms in total. The number of aliphatic carboxylic acids is 1. The molecule has 2 rings (SSSR count). The lowest BCUT2D eigenvalue weighted by atomic mass is 10.2. The lowest BCUT2D eigenvalue weighted by Gasteiger charge is -1.90. The number of halogens is 1. The second-order valence-electron chi connectivity index (χ2n) is 2.84. The Morgan fingerprint density at radius 3 is 3.07 bits per heavy atom. The van der Waals surface area contributed by atoms with E-state index in [-0.39, 0.29) is 12.0 Å². The summed E-state index contributed by atoms with van der Waals surface area (Å²) in [4.78, 5) is 10.4. The van der Waals surface area contributed by atoms with Gasteiger partial charge in [-0.05, 0) is 12.1 Å². The van der Waals surface area contributed by atoms with Gasteiger partial charge < -0.3 is 9.63 Å². The third-order valence-corrected chi connectivity index (χ3v) is 1.83. The largest absolute Gasteiger partial charge is 0.481 e. The molecule has 0 radical (unpaired) electrons. The second kappa shape index (κ2) is 3.10. The molecule has 0 amide bonds. The van der Waals surface area contributed by atoms with E-state index in [0.29, 0.717) is 11.1 Å². The van der Waals surface area contributed by atoms with Crippen LogP contribution in [0.2, 0.25) is 0 Å². The monoisotopic (exact) mass is 195 g/mol. The van der Waals surface area contributed by atoms with Gasteiger partial charge in [0.25, 0.3) is 0 Å². The van der Waals surface area contributed by atoms with Gasteiger partial charge in [-0.3, -0.25) is 4.79 Å². The summed E-state index contributed by atoms with van der Waals surface area (Å²) in [6.07, 6.45) is -0.224. The summed E-state index contributed by atoms with van der Waals surface area (Å²) in [5.74, 6) is -1.43. The quantitative estimate of drug-likeness (QED) is 0.790. The molecule has 14 heavy (non-hydrogen) atoms. The molecule has 0 aliphatic heterocycles. The van der Waals surface area contributed by atoms with Gasteiger partial charge in [-0.15, -0.1) is 0 Å². The van der Waals surface area contributed by atoms with Gasteiger partial charge in [-0.25, -0.2) is 4.39 Å². The number of benzene rings is 1. The molecule has 1 heterocycles. The van der Waals surface area contributed by atoms with Gasteiger partial charge in [-0.1, -0.05) is 5.16 Å². The molecular weight excluding hydrogens is 189 g/mol. The average molecular weight is 195 g/mol. The summed E-state index contributed by atoms with van der Waals surface area (Å²) in [7, 11) is 0. The molecule has 0 atom stereocenters. The molecule has 0 saturated carbocycles. The zero-order chi connectivity index (χ0) is 10.1. The first-order chi connectivity index (χ1) is 6.66. The average Bonchev–Trinajstić information content (AvgIpc) is 2.47. The number of hydrogen-bond donors (Lipinski definition) is 1. The Hall–Kier alpha value is -1.91. The molecular formula is C9H6FNO3. The Kier molecular flexibility index (Phi) is 1.92. The third kappa shape index (κ3) is 1.44. The van der Waals surface area contributed by atoms with Crippen LogP contribution in [0.5, 0.6) is 0 Å². The maximum Gasteiger partial charge on any atom is 0.309 e. The number of carbonyl (C=O) groups is 1. The molecule has 5 heteroatoms. The summed E-state index contributed by atoms with van der Waals surface area (Å²) in [6.45, 7) is 0. The molecule has 2 aromatic rings. The minimum absolute atomic E-state index is 0.224. The topological polar surface area (TPSA) is 63.3 Å². The van der Waals surface area contributed by atoms with E-state index in [0.717, 1.165) is 0 Å². The van der Waals surface area contributed by atoms with Gasteiger partial charge in [-0.2, -0.15) is 0 Å². The minimum Gasteiger partial charge on any atom is -0.481 e. The van der Waals surface area contributed by atoms with Gasteiger partial charge in [0.15, 0.2) is 5.58 Å². The minimum atomic E-state index is -0.996. The number of carboxylic acid groups (broad SMARTS) is 1. The SMILES string of the molecule is O=C(O)Cc1noc2cc(F)ccc12. The van der Waals surface area contributed by atoms with Crippen molar-refractivity contribution < 1.29 is 18.8 Å². The van der Waals surface area contributed by atoms with Crippen LogP contribution in [0.15, 0.2) is 22.7 Å². The van der Waals surface area contributed by atoms with E-state index < -0.39 is 11.8 Å². The van der Waals surface area contributed by atoms with E-state index in [9.17, 15) is 9.18 Å². The highest BCUT2D eigenvalue weighted by Gasteiger charge is 2.11. The second-order valence-corrected chi connectivity index (χ2v) is 2.84. The summed E-state index contributed by atoms with van der Waals surface area (Å²) >= 11 is 0. The molecule has 0 aliphatic carbocycles. The maximum absolute atomic E-state index is 12.7. The summed E-state index contributed by atoms with van der Waals surface area (Å²) in [5.41, 5.74) is 0.578. The normalized spacial score (nSPS) is 10.6. The lowest BCUT2D eigenvalue weighted by Crippen LogP contribution is -2.00. The van der Waals surface area contributed by atoms with Gasteiger partial charge >= 0.3 is 5.97 Å². The number of hydrogen-bond acceptors (Lipinski definition) is 3. The van der Waals surface area contributed by atoms with Crippen molar-refractivity contribution in [3.05, 3.63) is 29.7 Å². The van der Waals surface area contributed by atoms with E-state index in [1.807, 2.05) is 0 Å². The Bertz CT molecular complexity index is 492. The van der Waals surface area contributed by atoms with Crippen molar-refractivity contribution in [2.75, 3.05) is 0 Å². The van der Waals surface area contributed by atoms with Crippen LogP contribution < -0.4 is 0 Å². The Morgan fingerprint density at radius 1 is 1.57 bits per heavy atom. The van der Waals surface area contributed by atoms with E-state index >= 15 is 0 Å². The van der Waals surface area contributed by atoms with E-state index in [4.69, 9.17) is 9.63 Å². The predicted molar refractivity (Wildman–Crippen MR) is 45.3 cm³/mol. The molecule has 0 bridgehead atoms. The number of carboxylic acids is 1. The fraction of sp³-hybridized carbons (Fsp3) is 0.111. The van der Waals surface area contributed by atoms with Gasteiger partial charge in [0.1, 0.15) is 11.5 Å². The Balaban J connectivity index is 2.52. The molecule has 0 saturated heterocycles. The van der Waals surface area contributed by atoms with Gasteiger partial charge in [0, 0.05) is 11.5 Å². The smallest absolute Gasteiger partial charge is 0.309 e. The van der Waals surface area contributed by atoms with Crippen LogP contribution in [0, 0.1) is 5.82 Å². The first-order valence-electron chi connectivity index (χ1n) is 3.92. The van der Waals surface area contributed by atoms with Crippen molar-refractivity contribution in [2.24, 2.45) is 0 Å². The van der Waals surface area contributed by atoms with Gasteiger partial charge in [0.2, 0.25) is 0 Å². The van der Waals surface area contributed by atoms with Crippen LogP contribution >= 0.6 is 0 Å². The van der Waals surface area contributed by atoms with Crippen molar-refractivity contribution in [1.29, 1.82) is 0 Å².